The van der Waals surface area contributed by atoms with Crippen LogP contribution in [0.2, 0.25) is 0 Å². The Morgan fingerprint density at radius 2 is 1.88 bits per heavy atom. The molecule has 6 rings (SSSR count). The molecule has 9 nitrogen and oxygen atoms in total. The van der Waals surface area contributed by atoms with E-state index in [0.717, 1.165) is 18.5 Å². The monoisotopic (exact) mass is 655 g/mol. The summed E-state index contributed by atoms with van der Waals surface area (Å²) in [5.41, 5.74) is 1.65. The topological polar surface area (TPSA) is 142 Å². The highest BCUT2D eigenvalue weighted by Gasteiger charge is 2.52. The van der Waals surface area contributed by atoms with Crippen molar-refractivity contribution >= 4 is 17.7 Å². The fraction of sp³-hybridized carbons (Fsp3) is 0.513. The van der Waals surface area contributed by atoms with Gasteiger partial charge in [0, 0.05) is 42.4 Å². The number of ether oxygens (including phenoxy) is 2. The van der Waals surface area contributed by atoms with E-state index in [4.69, 9.17) is 9.47 Å². The van der Waals surface area contributed by atoms with Gasteiger partial charge in [-0.05, 0) is 79.8 Å². The molecule has 0 aromatic heterocycles. The Morgan fingerprint density at radius 3 is 2.69 bits per heavy atom. The van der Waals surface area contributed by atoms with Crippen molar-refractivity contribution in [1.82, 2.24) is 5.32 Å². The summed E-state index contributed by atoms with van der Waals surface area (Å²) in [6.45, 7) is 3.30. The molecule has 2 heterocycles. The van der Waals surface area contributed by atoms with E-state index in [9.17, 15) is 29.7 Å². The summed E-state index contributed by atoms with van der Waals surface area (Å²) in [5.74, 6) is 4.75. The second kappa shape index (κ2) is 14.7. The van der Waals surface area contributed by atoms with E-state index in [-0.39, 0.29) is 55.0 Å². The zero-order valence-corrected chi connectivity index (χ0v) is 27.5. The van der Waals surface area contributed by atoms with Crippen LogP contribution in [0.5, 0.6) is 11.5 Å². The van der Waals surface area contributed by atoms with Gasteiger partial charge >= 0.3 is 11.9 Å². The van der Waals surface area contributed by atoms with Gasteiger partial charge in [0.15, 0.2) is 0 Å². The Bertz CT molecular complexity index is 1650. The number of carbonyl (C=O) groups excluding carboxylic acids is 3. The van der Waals surface area contributed by atoms with E-state index in [0.29, 0.717) is 67.3 Å². The molecule has 2 aliphatic heterocycles. The molecule has 2 saturated carbocycles. The molecule has 2 aromatic rings. The van der Waals surface area contributed by atoms with Crippen LogP contribution in [0.15, 0.2) is 48.0 Å². The largest absolute Gasteiger partial charge is 0.508 e. The zero-order valence-electron chi connectivity index (χ0n) is 27.5. The number of fused-ring (bicyclic) bond motifs is 2. The van der Waals surface area contributed by atoms with Crippen molar-refractivity contribution in [3.8, 4) is 23.3 Å². The van der Waals surface area contributed by atoms with E-state index in [2.05, 4.69) is 17.2 Å². The number of hydrogen-bond donors (Lipinski definition) is 4. The predicted molar refractivity (Wildman–Crippen MR) is 178 cm³/mol. The molecular formula is C39H45NO8. The number of phenols is 1. The molecule has 0 amide bonds. The van der Waals surface area contributed by atoms with Crippen molar-refractivity contribution in [2.45, 2.75) is 101 Å². The molecular weight excluding hydrogens is 610 g/mol. The number of ketones is 1. The van der Waals surface area contributed by atoms with E-state index in [1.54, 1.807) is 6.07 Å². The number of aliphatic hydroxyl groups is 2. The van der Waals surface area contributed by atoms with Crippen LogP contribution in [-0.2, 0) is 32.1 Å². The normalized spacial score (nSPS) is 29.7. The zero-order chi connectivity index (χ0) is 33.8. The van der Waals surface area contributed by atoms with Crippen molar-refractivity contribution < 1.29 is 39.2 Å². The lowest BCUT2D eigenvalue weighted by atomic mass is 9.60. The fourth-order valence-electron chi connectivity index (χ4n) is 8.09. The molecule has 6 atom stereocenters. The summed E-state index contributed by atoms with van der Waals surface area (Å²) < 4.78 is 11.9. The standard InChI is InChI=1S/C39H45NO8/c1-2-40-15-5-9-29-17-26(25-7-3-6-24(16-25)23-41)10-11-27-21-37(44)47-35-22-34(43)30(19-32(27)35)20-36(48-38(29)45)39(46)14-4-8-28-18-31(42)12-13-33(28)39/h3,6-7,9,16,19,22,26-28,33,36,40-41,43,46H,2,4-5,8,12-15,17-18,20-21,23H2,1H3/b29-9-/t26-,27-,28-,33+,36-,39+/m1/s1. The maximum Gasteiger partial charge on any atom is 0.334 e. The fourth-order valence-corrected chi connectivity index (χ4v) is 8.09. The molecule has 2 aromatic carbocycles. The number of aliphatic hydroxyl groups excluding tert-OH is 1. The Kier molecular flexibility index (Phi) is 10.4. The summed E-state index contributed by atoms with van der Waals surface area (Å²) >= 11 is 0. The number of nitrogens with one attached hydrogen (secondary N) is 1. The first-order valence-electron chi connectivity index (χ1n) is 17.3. The number of carbonyl (C=O) groups is 3. The van der Waals surface area contributed by atoms with Gasteiger partial charge in [-0.25, -0.2) is 4.79 Å². The lowest BCUT2D eigenvalue weighted by Gasteiger charge is -2.50. The van der Waals surface area contributed by atoms with Crippen LogP contribution < -0.4 is 10.1 Å². The predicted octanol–water partition coefficient (Wildman–Crippen LogP) is 4.75. The van der Waals surface area contributed by atoms with Gasteiger partial charge in [-0.3, -0.25) is 9.59 Å². The van der Waals surface area contributed by atoms with E-state index < -0.39 is 35.5 Å². The first kappa shape index (κ1) is 33.9. The molecule has 0 spiro atoms. The van der Waals surface area contributed by atoms with Gasteiger partial charge < -0.3 is 30.1 Å². The lowest BCUT2D eigenvalue weighted by Crippen LogP contribution is -2.57. The SMILES string of the molecule is CCNCC/C=C1/C[C@H](c2cccc(CO)c2)C#C[C@@H]2CC(=O)Oc3cc(O)c(cc32)C[C@H]([C@]2(O)CCC[C@@H]3CC(=O)CC[C@@H]32)OC1=O. The first-order chi connectivity index (χ1) is 23.2. The molecule has 48 heavy (non-hydrogen) atoms. The highest BCUT2D eigenvalue weighted by molar-refractivity contribution is 5.89. The van der Waals surface area contributed by atoms with Gasteiger partial charge in [-0.15, -0.1) is 0 Å². The van der Waals surface area contributed by atoms with Crippen LogP contribution in [0.3, 0.4) is 0 Å². The van der Waals surface area contributed by atoms with E-state index in [1.807, 2.05) is 37.3 Å². The molecule has 0 radical (unpaired) electrons. The van der Waals surface area contributed by atoms with Crippen molar-refractivity contribution in [2.24, 2.45) is 11.8 Å². The highest BCUT2D eigenvalue weighted by atomic mass is 16.6. The van der Waals surface area contributed by atoms with Crippen molar-refractivity contribution in [2.75, 3.05) is 13.1 Å². The number of cyclic esters (lactones) is 1. The Morgan fingerprint density at radius 1 is 1.04 bits per heavy atom. The minimum atomic E-state index is -1.41. The smallest absolute Gasteiger partial charge is 0.334 e. The second-order valence-corrected chi connectivity index (χ2v) is 13.7. The van der Waals surface area contributed by atoms with E-state index >= 15 is 0 Å². The van der Waals surface area contributed by atoms with E-state index in [1.165, 1.54) is 6.07 Å². The second-order valence-electron chi connectivity index (χ2n) is 13.7. The maximum atomic E-state index is 14.3. The van der Waals surface area contributed by atoms with Crippen LogP contribution in [0, 0.1) is 23.7 Å². The average Bonchev–Trinajstić information content (AvgIpc) is 3.08. The Labute approximate surface area is 281 Å². The molecule has 2 aliphatic carbocycles. The third-order valence-electron chi connectivity index (χ3n) is 10.6. The van der Waals surface area contributed by atoms with Crippen molar-refractivity contribution in [3.63, 3.8) is 0 Å². The highest BCUT2D eigenvalue weighted by Crippen LogP contribution is 2.49. The number of hydrogen-bond acceptors (Lipinski definition) is 9. The van der Waals surface area contributed by atoms with Gasteiger partial charge in [-0.2, -0.15) is 0 Å². The molecule has 0 unspecified atom stereocenters. The maximum absolute atomic E-state index is 14.3. The number of Topliss-reactive ketones (excluding diaryl/α,β-unsaturated/α-hetero) is 1. The van der Waals surface area contributed by atoms with Gasteiger partial charge in [0.1, 0.15) is 29.0 Å². The van der Waals surface area contributed by atoms with Crippen LogP contribution in [0.25, 0.3) is 0 Å². The summed E-state index contributed by atoms with van der Waals surface area (Å²) in [7, 11) is 0. The first-order valence-corrected chi connectivity index (χ1v) is 17.3. The summed E-state index contributed by atoms with van der Waals surface area (Å²) in [5, 5.41) is 36.9. The van der Waals surface area contributed by atoms with Crippen molar-refractivity contribution in [1.29, 1.82) is 0 Å². The molecule has 2 fully saturated rings. The molecule has 4 N–H and O–H groups in total. The van der Waals surface area contributed by atoms with Crippen LogP contribution >= 0.6 is 0 Å². The van der Waals surface area contributed by atoms with Crippen molar-refractivity contribution in [3.05, 3.63) is 70.3 Å². The minimum absolute atomic E-state index is 0.000853. The molecule has 4 aliphatic rings. The molecule has 2 bridgehead atoms. The summed E-state index contributed by atoms with van der Waals surface area (Å²) in [6, 6.07) is 10.6. The number of aromatic hydroxyl groups is 1. The third-order valence-corrected chi connectivity index (χ3v) is 10.6. The van der Waals surface area contributed by atoms with Gasteiger partial charge in [0.05, 0.1) is 18.9 Å². The summed E-state index contributed by atoms with van der Waals surface area (Å²) in [4.78, 5) is 39.4. The minimum Gasteiger partial charge on any atom is -0.508 e. The third kappa shape index (κ3) is 7.21. The number of phenolic OH excluding ortho intramolecular Hbond substituents is 1. The van der Waals surface area contributed by atoms with Crippen LogP contribution in [0.4, 0.5) is 0 Å². The quantitative estimate of drug-likeness (QED) is 0.109. The lowest BCUT2D eigenvalue weighted by molar-refractivity contribution is -0.187. The van der Waals surface area contributed by atoms with Crippen LogP contribution in [0.1, 0.15) is 98.8 Å². The van der Waals surface area contributed by atoms with Gasteiger partial charge in [0.25, 0.3) is 0 Å². The Hall–Kier alpha value is -3.97. The van der Waals surface area contributed by atoms with Crippen LogP contribution in [-0.4, -0.2) is 57.8 Å². The number of esters is 2. The molecule has 0 saturated heterocycles. The van der Waals surface area contributed by atoms with Gasteiger partial charge in [0.2, 0.25) is 0 Å². The summed E-state index contributed by atoms with van der Waals surface area (Å²) in [6.07, 6.45) is 4.95. The number of benzene rings is 2. The van der Waals surface area contributed by atoms with Gasteiger partial charge in [-0.1, -0.05) is 55.5 Å². The Balaban J connectivity index is 1.48. The number of rotatable bonds is 7. The molecule has 9 heteroatoms. The molecule has 254 valence electrons. The average molecular weight is 656 g/mol.